The average molecular weight is 333 g/mol. The van der Waals surface area contributed by atoms with Crippen LogP contribution in [0.4, 0.5) is 4.79 Å². The molecule has 0 aliphatic carbocycles. The number of methoxy groups -OCH3 is 1. The summed E-state index contributed by atoms with van der Waals surface area (Å²) in [6.45, 7) is 0.514. The summed E-state index contributed by atoms with van der Waals surface area (Å²) in [6, 6.07) is 3.81. The van der Waals surface area contributed by atoms with Crippen molar-refractivity contribution < 1.29 is 14.3 Å². The number of likely N-dealkylation sites (N-methyl/N-ethyl adjacent to an activating group) is 1. The molecule has 0 bridgehead atoms. The van der Waals surface area contributed by atoms with Gasteiger partial charge in [-0.2, -0.15) is 0 Å². The molecule has 2 amide bonds. The largest absolute Gasteiger partial charge is 0.468 e. The lowest BCUT2D eigenvalue weighted by molar-refractivity contribution is -0.141. The Morgan fingerprint density at radius 1 is 1.61 bits per heavy atom. The van der Waals surface area contributed by atoms with Crippen molar-refractivity contribution in [3.8, 4) is 0 Å². The van der Waals surface area contributed by atoms with Gasteiger partial charge < -0.3 is 14.5 Å². The SMILES string of the molecule is COC(=O)CN1CC(c2ccc(Br)s2)N(C)C1=O. The van der Waals surface area contributed by atoms with Gasteiger partial charge in [-0.3, -0.25) is 4.79 Å². The van der Waals surface area contributed by atoms with Crippen LogP contribution in [0.15, 0.2) is 15.9 Å². The number of ether oxygens (including phenoxy) is 1. The third-order valence-electron chi connectivity index (χ3n) is 2.90. The van der Waals surface area contributed by atoms with Gasteiger partial charge >= 0.3 is 12.0 Å². The Labute approximate surface area is 117 Å². The number of carbonyl (C=O) groups is 2. The molecule has 2 heterocycles. The van der Waals surface area contributed by atoms with E-state index in [9.17, 15) is 9.59 Å². The molecule has 18 heavy (non-hydrogen) atoms. The van der Waals surface area contributed by atoms with Crippen LogP contribution in [0.1, 0.15) is 10.9 Å². The van der Waals surface area contributed by atoms with Gasteiger partial charge in [-0.25, -0.2) is 4.79 Å². The Morgan fingerprint density at radius 2 is 2.33 bits per heavy atom. The second kappa shape index (κ2) is 5.27. The standard InChI is InChI=1S/C11H13BrN2O3S/c1-13-7(8-3-4-9(12)18-8)5-14(11(13)16)6-10(15)17-2/h3-4,7H,5-6H2,1-2H3. The molecule has 1 aromatic rings. The fourth-order valence-electron chi connectivity index (χ4n) is 1.91. The van der Waals surface area contributed by atoms with E-state index in [-0.39, 0.29) is 18.6 Å². The lowest BCUT2D eigenvalue weighted by Crippen LogP contribution is -2.34. The molecular weight excluding hydrogens is 320 g/mol. The third-order valence-corrected chi connectivity index (χ3v) is 4.63. The molecule has 7 heteroatoms. The van der Waals surface area contributed by atoms with E-state index >= 15 is 0 Å². The van der Waals surface area contributed by atoms with Crippen LogP contribution in [-0.2, 0) is 9.53 Å². The molecule has 0 N–H and O–H groups in total. The first-order chi connectivity index (χ1) is 8.52. The number of halogens is 1. The van der Waals surface area contributed by atoms with E-state index < -0.39 is 5.97 Å². The summed E-state index contributed by atoms with van der Waals surface area (Å²) in [6.07, 6.45) is 0. The van der Waals surface area contributed by atoms with Gasteiger partial charge in [0.1, 0.15) is 6.54 Å². The van der Waals surface area contributed by atoms with Gasteiger partial charge in [0.25, 0.3) is 0 Å². The van der Waals surface area contributed by atoms with E-state index in [1.165, 1.54) is 12.0 Å². The predicted octanol–water partition coefficient (Wildman–Crippen LogP) is 2.09. The lowest BCUT2D eigenvalue weighted by Gasteiger charge is -2.15. The van der Waals surface area contributed by atoms with E-state index in [0.29, 0.717) is 6.54 Å². The van der Waals surface area contributed by atoms with E-state index in [0.717, 1.165) is 8.66 Å². The summed E-state index contributed by atoms with van der Waals surface area (Å²) in [5.74, 6) is -0.398. The van der Waals surface area contributed by atoms with Crippen LogP contribution in [0.5, 0.6) is 0 Å². The molecular formula is C11H13BrN2O3S. The molecule has 1 aliphatic rings. The Kier molecular flexibility index (Phi) is 3.91. The Balaban J connectivity index is 2.12. The van der Waals surface area contributed by atoms with Crippen LogP contribution in [0.3, 0.4) is 0 Å². The molecule has 0 spiro atoms. The highest BCUT2D eigenvalue weighted by Gasteiger charge is 2.37. The summed E-state index contributed by atoms with van der Waals surface area (Å²) >= 11 is 5.01. The molecule has 0 aromatic carbocycles. The van der Waals surface area contributed by atoms with Crippen LogP contribution in [-0.4, -0.2) is 49.0 Å². The average Bonchev–Trinajstić information content (AvgIpc) is 2.88. The molecule has 1 unspecified atom stereocenters. The van der Waals surface area contributed by atoms with Crippen molar-refractivity contribution in [2.24, 2.45) is 0 Å². The second-order valence-electron chi connectivity index (χ2n) is 4.01. The maximum Gasteiger partial charge on any atom is 0.325 e. The highest BCUT2D eigenvalue weighted by Crippen LogP contribution is 2.34. The van der Waals surface area contributed by atoms with Crippen LogP contribution in [0.2, 0.25) is 0 Å². The van der Waals surface area contributed by atoms with E-state index in [1.54, 1.807) is 23.3 Å². The maximum absolute atomic E-state index is 12.0. The summed E-state index contributed by atoms with van der Waals surface area (Å²) in [5.41, 5.74) is 0. The van der Waals surface area contributed by atoms with Gasteiger partial charge in [0.15, 0.2) is 0 Å². The van der Waals surface area contributed by atoms with Crippen LogP contribution >= 0.6 is 27.3 Å². The number of thiophene rings is 1. The van der Waals surface area contributed by atoms with Gasteiger partial charge in [-0.05, 0) is 28.1 Å². The van der Waals surface area contributed by atoms with Crippen molar-refractivity contribution in [3.05, 3.63) is 20.8 Å². The van der Waals surface area contributed by atoms with Crippen LogP contribution in [0.25, 0.3) is 0 Å². The van der Waals surface area contributed by atoms with Gasteiger partial charge in [0.05, 0.1) is 16.9 Å². The van der Waals surface area contributed by atoms with Gasteiger partial charge in [0.2, 0.25) is 0 Å². The van der Waals surface area contributed by atoms with Gasteiger partial charge in [0, 0.05) is 18.5 Å². The van der Waals surface area contributed by atoms with Crippen LogP contribution < -0.4 is 0 Å². The van der Waals surface area contributed by atoms with Crippen molar-refractivity contribution in [1.82, 2.24) is 9.80 Å². The number of esters is 1. The number of carbonyl (C=O) groups excluding carboxylic acids is 2. The number of nitrogens with zero attached hydrogens (tertiary/aromatic N) is 2. The molecule has 5 nitrogen and oxygen atoms in total. The van der Waals surface area contributed by atoms with Crippen molar-refractivity contribution >= 4 is 39.3 Å². The minimum atomic E-state index is -0.398. The zero-order chi connectivity index (χ0) is 13.3. The number of urea groups is 1. The first-order valence-electron chi connectivity index (χ1n) is 5.36. The summed E-state index contributed by atoms with van der Waals surface area (Å²) in [5, 5.41) is 0. The minimum Gasteiger partial charge on any atom is -0.468 e. The smallest absolute Gasteiger partial charge is 0.325 e. The number of hydrogen-bond donors (Lipinski definition) is 0. The zero-order valence-electron chi connectivity index (χ0n) is 10.1. The van der Waals surface area contributed by atoms with Crippen molar-refractivity contribution in [2.45, 2.75) is 6.04 Å². The normalized spacial score (nSPS) is 19.5. The summed E-state index contributed by atoms with van der Waals surface area (Å²) in [4.78, 5) is 27.5. The van der Waals surface area contributed by atoms with E-state index in [1.807, 2.05) is 12.1 Å². The Hall–Kier alpha value is -1.08. The summed E-state index contributed by atoms with van der Waals surface area (Å²) < 4.78 is 5.62. The molecule has 1 saturated heterocycles. The molecule has 2 rings (SSSR count). The highest BCUT2D eigenvalue weighted by atomic mass is 79.9. The Bertz CT molecular complexity index is 477. The van der Waals surface area contributed by atoms with E-state index in [4.69, 9.17) is 0 Å². The molecule has 1 atom stereocenters. The quantitative estimate of drug-likeness (QED) is 0.796. The number of hydrogen-bond acceptors (Lipinski definition) is 4. The second-order valence-corrected chi connectivity index (χ2v) is 6.50. The topological polar surface area (TPSA) is 49.9 Å². The Morgan fingerprint density at radius 3 is 2.89 bits per heavy atom. The molecule has 98 valence electrons. The molecule has 1 aliphatic heterocycles. The highest BCUT2D eigenvalue weighted by molar-refractivity contribution is 9.11. The third kappa shape index (κ3) is 2.51. The predicted molar refractivity (Wildman–Crippen MR) is 71.5 cm³/mol. The fourth-order valence-corrected chi connectivity index (χ4v) is 3.47. The number of amides is 2. The first kappa shape index (κ1) is 13.4. The first-order valence-corrected chi connectivity index (χ1v) is 6.97. The van der Waals surface area contributed by atoms with Crippen molar-refractivity contribution in [1.29, 1.82) is 0 Å². The molecule has 1 aromatic heterocycles. The monoisotopic (exact) mass is 332 g/mol. The van der Waals surface area contributed by atoms with Crippen LogP contribution in [0, 0.1) is 0 Å². The van der Waals surface area contributed by atoms with E-state index in [2.05, 4.69) is 20.7 Å². The zero-order valence-corrected chi connectivity index (χ0v) is 12.5. The lowest BCUT2D eigenvalue weighted by atomic mass is 10.2. The van der Waals surface area contributed by atoms with Gasteiger partial charge in [-0.15, -0.1) is 11.3 Å². The van der Waals surface area contributed by atoms with Gasteiger partial charge in [-0.1, -0.05) is 0 Å². The fraction of sp³-hybridized carbons (Fsp3) is 0.455. The molecule has 0 saturated carbocycles. The summed E-state index contributed by atoms with van der Waals surface area (Å²) in [7, 11) is 3.07. The molecule has 1 fully saturated rings. The van der Waals surface area contributed by atoms with Crippen molar-refractivity contribution in [2.75, 3.05) is 27.2 Å². The number of rotatable bonds is 3. The van der Waals surface area contributed by atoms with Crippen molar-refractivity contribution in [3.63, 3.8) is 0 Å². The minimum absolute atomic E-state index is 0.00143. The maximum atomic E-state index is 12.0. The molecule has 0 radical (unpaired) electrons.